The van der Waals surface area contributed by atoms with Crippen molar-refractivity contribution in [1.82, 2.24) is 4.90 Å². The molecule has 2 amide bonds. The number of rotatable bonds is 6. The van der Waals surface area contributed by atoms with Crippen LogP contribution >= 0.6 is 0 Å². The van der Waals surface area contributed by atoms with E-state index in [9.17, 15) is 14.0 Å². The smallest absolute Gasteiger partial charge is 0.255 e. The lowest BCUT2D eigenvalue weighted by Crippen LogP contribution is -2.47. The van der Waals surface area contributed by atoms with Gasteiger partial charge in [-0.3, -0.25) is 14.5 Å². The van der Waals surface area contributed by atoms with E-state index in [1.54, 1.807) is 30.3 Å². The van der Waals surface area contributed by atoms with Crippen molar-refractivity contribution in [2.45, 2.75) is 38.6 Å². The zero-order chi connectivity index (χ0) is 19.9. The van der Waals surface area contributed by atoms with Crippen molar-refractivity contribution in [2.24, 2.45) is 0 Å². The molecule has 1 unspecified atom stereocenters. The van der Waals surface area contributed by atoms with Crippen molar-refractivity contribution in [3.05, 3.63) is 59.9 Å². The maximum Gasteiger partial charge on any atom is 0.255 e. The van der Waals surface area contributed by atoms with E-state index in [0.29, 0.717) is 16.9 Å². The van der Waals surface area contributed by atoms with Gasteiger partial charge in [-0.05, 0) is 68.8 Å². The first-order valence-electron chi connectivity index (χ1n) is 9.78. The number of amides is 2. The zero-order valence-electron chi connectivity index (χ0n) is 16.1. The number of carbonyl (C=O) groups is 2. The Morgan fingerprint density at radius 3 is 2.57 bits per heavy atom. The van der Waals surface area contributed by atoms with E-state index in [1.807, 2.05) is 0 Å². The Morgan fingerprint density at radius 1 is 1.07 bits per heavy atom. The summed E-state index contributed by atoms with van der Waals surface area (Å²) in [7, 11) is 0. The Balaban J connectivity index is 1.67. The molecular weight excluding hydrogens is 357 g/mol. The topological polar surface area (TPSA) is 61.4 Å². The van der Waals surface area contributed by atoms with Crippen molar-refractivity contribution in [2.75, 3.05) is 23.7 Å². The first kappa shape index (κ1) is 20.0. The molecule has 5 nitrogen and oxygen atoms in total. The predicted molar refractivity (Wildman–Crippen MR) is 109 cm³/mol. The minimum Gasteiger partial charge on any atom is -0.325 e. The first-order valence-corrected chi connectivity index (χ1v) is 9.78. The summed E-state index contributed by atoms with van der Waals surface area (Å²) in [5.74, 6) is -0.800. The number of nitrogens with zero attached hydrogens (tertiary/aromatic N) is 1. The van der Waals surface area contributed by atoms with Crippen molar-refractivity contribution in [3.63, 3.8) is 0 Å². The van der Waals surface area contributed by atoms with Crippen LogP contribution in [0.1, 0.15) is 43.0 Å². The van der Waals surface area contributed by atoms with Crippen LogP contribution in [0, 0.1) is 5.82 Å². The third kappa shape index (κ3) is 5.16. The first-order chi connectivity index (χ1) is 13.6. The molecule has 1 saturated heterocycles. The second-order valence-corrected chi connectivity index (χ2v) is 7.08. The third-order valence-corrected chi connectivity index (χ3v) is 4.90. The van der Waals surface area contributed by atoms with Crippen LogP contribution in [-0.4, -0.2) is 35.8 Å². The molecule has 1 fully saturated rings. The number of halogens is 1. The number of hydrogen-bond donors (Lipinski definition) is 2. The number of likely N-dealkylation sites (tertiary alicyclic amines) is 1. The highest BCUT2D eigenvalue weighted by Crippen LogP contribution is 2.20. The molecule has 148 valence electrons. The van der Waals surface area contributed by atoms with Crippen molar-refractivity contribution in [3.8, 4) is 0 Å². The van der Waals surface area contributed by atoms with Gasteiger partial charge in [0.15, 0.2) is 0 Å². The van der Waals surface area contributed by atoms with Gasteiger partial charge in [0.1, 0.15) is 5.82 Å². The van der Waals surface area contributed by atoms with E-state index < -0.39 is 5.82 Å². The van der Waals surface area contributed by atoms with Gasteiger partial charge >= 0.3 is 0 Å². The number of anilines is 2. The number of carbonyl (C=O) groups excluding carboxylic acids is 2. The summed E-state index contributed by atoms with van der Waals surface area (Å²) in [6.07, 6.45) is 4.04. The molecule has 0 bridgehead atoms. The third-order valence-electron chi connectivity index (χ3n) is 4.90. The maximum absolute atomic E-state index is 13.3. The molecule has 2 aromatic carbocycles. The van der Waals surface area contributed by atoms with Crippen LogP contribution in [0.25, 0.3) is 0 Å². The lowest BCUT2D eigenvalue weighted by atomic mass is 10.0. The number of hydrogen-bond acceptors (Lipinski definition) is 3. The second-order valence-electron chi connectivity index (χ2n) is 7.08. The highest BCUT2D eigenvalue weighted by Gasteiger charge is 2.28. The van der Waals surface area contributed by atoms with Gasteiger partial charge < -0.3 is 10.6 Å². The molecule has 1 aliphatic heterocycles. The van der Waals surface area contributed by atoms with Gasteiger partial charge in [-0.15, -0.1) is 0 Å². The molecule has 6 heteroatoms. The van der Waals surface area contributed by atoms with Gasteiger partial charge in [0.25, 0.3) is 5.91 Å². The average Bonchev–Trinajstić information content (AvgIpc) is 2.69. The molecule has 0 radical (unpaired) electrons. The standard InChI is InChI=1S/C22H26FN3O2/c1-2-12-26-13-4-3-11-20(26)22(28)25-18-9-5-7-16(14-18)21(27)24-19-10-6-8-17(23)15-19/h5-10,14-15,20H,2-4,11-13H2,1H3,(H,24,27)(H,25,28). The summed E-state index contributed by atoms with van der Waals surface area (Å²) in [5, 5.41) is 5.61. The van der Waals surface area contributed by atoms with Crippen LogP contribution in [0.4, 0.5) is 15.8 Å². The Hall–Kier alpha value is -2.73. The monoisotopic (exact) mass is 383 g/mol. The summed E-state index contributed by atoms with van der Waals surface area (Å²) in [4.78, 5) is 27.5. The van der Waals surface area contributed by atoms with Gasteiger partial charge in [0.2, 0.25) is 5.91 Å². The summed E-state index contributed by atoms with van der Waals surface area (Å²) >= 11 is 0. The van der Waals surface area contributed by atoms with E-state index in [-0.39, 0.29) is 17.9 Å². The fourth-order valence-corrected chi connectivity index (χ4v) is 3.58. The van der Waals surface area contributed by atoms with Gasteiger partial charge in [-0.25, -0.2) is 4.39 Å². The number of piperidine rings is 1. The Labute approximate surface area is 164 Å². The molecule has 0 spiro atoms. The molecule has 1 aliphatic rings. The Kier molecular flexibility index (Phi) is 6.76. The van der Waals surface area contributed by atoms with Crippen LogP contribution in [0.15, 0.2) is 48.5 Å². The van der Waals surface area contributed by atoms with Crippen molar-refractivity contribution < 1.29 is 14.0 Å². The minimum atomic E-state index is -0.414. The van der Waals surface area contributed by atoms with E-state index in [2.05, 4.69) is 22.5 Å². The van der Waals surface area contributed by atoms with Gasteiger partial charge in [0.05, 0.1) is 6.04 Å². The summed E-state index contributed by atoms with van der Waals surface area (Å²) in [6.45, 7) is 3.97. The molecule has 28 heavy (non-hydrogen) atoms. The molecule has 0 aromatic heterocycles. The van der Waals surface area contributed by atoms with Gasteiger partial charge in [0, 0.05) is 16.9 Å². The summed E-state index contributed by atoms with van der Waals surface area (Å²) in [6, 6.07) is 12.4. The minimum absolute atomic E-state index is 0.0316. The average molecular weight is 383 g/mol. The highest BCUT2D eigenvalue weighted by molar-refractivity contribution is 6.05. The van der Waals surface area contributed by atoms with Gasteiger partial charge in [-0.2, -0.15) is 0 Å². The Bertz CT molecular complexity index is 838. The molecule has 2 aromatic rings. The van der Waals surface area contributed by atoms with Crippen LogP contribution in [-0.2, 0) is 4.79 Å². The fourth-order valence-electron chi connectivity index (χ4n) is 3.58. The Morgan fingerprint density at radius 2 is 1.82 bits per heavy atom. The van der Waals surface area contributed by atoms with Crippen LogP contribution in [0.2, 0.25) is 0 Å². The number of benzene rings is 2. The fraction of sp³-hybridized carbons (Fsp3) is 0.364. The lowest BCUT2D eigenvalue weighted by molar-refractivity contribution is -0.122. The van der Waals surface area contributed by atoms with Crippen molar-refractivity contribution in [1.29, 1.82) is 0 Å². The van der Waals surface area contributed by atoms with E-state index in [1.165, 1.54) is 18.2 Å². The molecule has 0 saturated carbocycles. The highest BCUT2D eigenvalue weighted by atomic mass is 19.1. The SMILES string of the molecule is CCCN1CCCCC1C(=O)Nc1cccc(C(=O)Nc2cccc(F)c2)c1. The second kappa shape index (κ2) is 9.46. The lowest BCUT2D eigenvalue weighted by Gasteiger charge is -2.34. The molecule has 1 heterocycles. The normalized spacial score (nSPS) is 17.1. The summed E-state index contributed by atoms with van der Waals surface area (Å²) in [5.41, 5.74) is 1.37. The molecule has 3 rings (SSSR count). The summed E-state index contributed by atoms with van der Waals surface area (Å²) < 4.78 is 13.3. The molecule has 2 N–H and O–H groups in total. The van der Waals surface area contributed by atoms with Crippen LogP contribution < -0.4 is 10.6 Å². The van der Waals surface area contributed by atoms with Crippen molar-refractivity contribution >= 4 is 23.2 Å². The predicted octanol–water partition coefficient (Wildman–Crippen LogP) is 4.28. The van der Waals surface area contributed by atoms with Gasteiger partial charge in [-0.1, -0.05) is 25.5 Å². The molecule has 0 aliphatic carbocycles. The molecule has 1 atom stereocenters. The quantitative estimate of drug-likeness (QED) is 0.783. The zero-order valence-corrected chi connectivity index (χ0v) is 16.1. The molecular formula is C22H26FN3O2. The van der Waals surface area contributed by atoms with E-state index >= 15 is 0 Å². The maximum atomic E-state index is 13.3. The van der Waals surface area contributed by atoms with Crippen LogP contribution in [0.5, 0.6) is 0 Å². The van der Waals surface area contributed by atoms with E-state index in [4.69, 9.17) is 0 Å². The largest absolute Gasteiger partial charge is 0.325 e. The van der Waals surface area contributed by atoms with Crippen LogP contribution in [0.3, 0.4) is 0 Å². The van der Waals surface area contributed by atoms with E-state index in [0.717, 1.165) is 38.8 Å². The number of nitrogens with one attached hydrogen (secondary N) is 2.